The molecule has 1 aromatic rings. The molecule has 0 aromatic carbocycles. The molecule has 0 aliphatic rings. The van der Waals surface area contributed by atoms with Gasteiger partial charge in [0.05, 0.1) is 0 Å². The van der Waals surface area contributed by atoms with Crippen LogP contribution in [-0.2, 0) is 15.7 Å². The maximum Gasteiger partial charge on any atom is 0.435 e. The molecule has 1 atom stereocenters. The molecular formula is C13H20F3N3O2. The van der Waals surface area contributed by atoms with Gasteiger partial charge in [0.1, 0.15) is 6.04 Å². The summed E-state index contributed by atoms with van der Waals surface area (Å²) in [5.41, 5.74) is -0.699. The molecule has 1 unspecified atom stereocenters. The summed E-state index contributed by atoms with van der Waals surface area (Å²) in [6.07, 6.45) is -3.86. The van der Waals surface area contributed by atoms with E-state index in [9.17, 15) is 18.0 Å². The third kappa shape index (κ3) is 5.04. The van der Waals surface area contributed by atoms with Crippen LogP contribution in [0.15, 0.2) is 6.07 Å². The molecule has 0 aliphatic carbocycles. The number of aryl methyl sites for hydroxylation is 1. The second kappa shape index (κ2) is 7.44. The molecule has 0 saturated heterocycles. The quantitative estimate of drug-likeness (QED) is 0.787. The first kappa shape index (κ1) is 17.5. The lowest BCUT2D eigenvalue weighted by Crippen LogP contribution is -2.33. The number of aromatic nitrogens is 2. The molecule has 0 spiro atoms. The molecule has 1 amide bonds. The zero-order chi connectivity index (χ0) is 16.0. The molecule has 1 rings (SSSR count). The number of alkyl halides is 3. The lowest BCUT2D eigenvalue weighted by molar-refractivity contribution is -0.142. The van der Waals surface area contributed by atoms with E-state index < -0.39 is 17.9 Å². The molecule has 0 fully saturated rings. The van der Waals surface area contributed by atoms with Crippen molar-refractivity contribution in [1.29, 1.82) is 0 Å². The van der Waals surface area contributed by atoms with Gasteiger partial charge in [0.25, 0.3) is 0 Å². The smallest absolute Gasteiger partial charge is 0.382 e. The van der Waals surface area contributed by atoms with Gasteiger partial charge in [-0.3, -0.25) is 9.48 Å². The third-order valence-corrected chi connectivity index (χ3v) is 2.93. The van der Waals surface area contributed by atoms with Gasteiger partial charge >= 0.3 is 6.18 Å². The molecule has 5 nitrogen and oxygen atoms in total. The van der Waals surface area contributed by atoms with E-state index in [4.69, 9.17) is 4.74 Å². The average Bonchev–Trinajstić information content (AvgIpc) is 2.79. The van der Waals surface area contributed by atoms with E-state index in [1.807, 2.05) is 6.92 Å². The summed E-state index contributed by atoms with van der Waals surface area (Å²) in [7, 11) is 0. The van der Waals surface area contributed by atoms with Crippen LogP contribution in [0.4, 0.5) is 13.2 Å². The molecule has 1 N–H and O–H groups in total. The number of nitrogens with zero attached hydrogens (tertiary/aromatic N) is 2. The predicted octanol–water partition coefficient (Wildman–Crippen LogP) is 2.31. The Balaban J connectivity index is 2.60. The Labute approximate surface area is 121 Å². The molecule has 0 bridgehead atoms. The maximum absolute atomic E-state index is 12.6. The van der Waals surface area contributed by atoms with Gasteiger partial charge in [0.2, 0.25) is 5.91 Å². The largest absolute Gasteiger partial charge is 0.435 e. The fourth-order valence-electron chi connectivity index (χ4n) is 1.81. The summed E-state index contributed by atoms with van der Waals surface area (Å²) < 4.78 is 43.9. The summed E-state index contributed by atoms with van der Waals surface area (Å²) in [4.78, 5) is 11.9. The van der Waals surface area contributed by atoms with Crippen LogP contribution in [-0.4, -0.2) is 35.4 Å². The molecule has 0 aliphatic heterocycles. The van der Waals surface area contributed by atoms with Crippen LogP contribution >= 0.6 is 0 Å². The van der Waals surface area contributed by atoms with Crippen LogP contribution < -0.4 is 5.32 Å². The summed E-state index contributed by atoms with van der Waals surface area (Å²) in [5.74, 6) is -0.369. The van der Waals surface area contributed by atoms with Gasteiger partial charge in [-0.05, 0) is 33.3 Å². The number of carbonyl (C=O) groups excluding carboxylic acids is 1. The molecule has 21 heavy (non-hydrogen) atoms. The Morgan fingerprint density at radius 2 is 2.19 bits per heavy atom. The highest BCUT2D eigenvalue weighted by Gasteiger charge is 2.35. The van der Waals surface area contributed by atoms with Gasteiger partial charge in [-0.15, -0.1) is 0 Å². The Morgan fingerprint density at radius 3 is 2.71 bits per heavy atom. The van der Waals surface area contributed by atoms with Crippen molar-refractivity contribution >= 4 is 5.91 Å². The van der Waals surface area contributed by atoms with Crippen molar-refractivity contribution in [3.05, 3.63) is 17.5 Å². The molecule has 1 aromatic heterocycles. The number of hydrogen-bond donors (Lipinski definition) is 1. The summed E-state index contributed by atoms with van der Waals surface area (Å²) >= 11 is 0. The van der Waals surface area contributed by atoms with Gasteiger partial charge in [0.15, 0.2) is 5.69 Å². The standard InChI is InChI=1S/C13H20F3N3O2/c1-4-21-7-5-6-17-12(20)10(3)19-9(2)8-11(18-19)13(14,15)16/h8,10H,4-7H2,1-3H3,(H,17,20). The summed E-state index contributed by atoms with van der Waals surface area (Å²) in [5, 5.41) is 6.12. The number of rotatable bonds is 7. The van der Waals surface area contributed by atoms with E-state index >= 15 is 0 Å². The number of carbonyl (C=O) groups is 1. The van der Waals surface area contributed by atoms with Crippen molar-refractivity contribution in [2.75, 3.05) is 19.8 Å². The van der Waals surface area contributed by atoms with Crippen LogP contribution in [0.25, 0.3) is 0 Å². The molecule has 0 saturated carbocycles. The predicted molar refractivity (Wildman–Crippen MR) is 70.8 cm³/mol. The van der Waals surface area contributed by atoms with Crippen molar-refractivity contribution in [2.45, 2.75) is 39.4 Å². The van der Waals surface area contributed by atoms with E-state index in [0.717, 1.165) is 10.7 Å². The molecule has 120 valence electrons. The number of halogens is 3. The first-order valence-corrected chi connectivity index (χ1v) is 6.76. The van der Waals surface area contributed by atoms with E-state index in [0.29, 0.717) is 31.9 Å². The topological polar surface area (TPSA) is 56.1 Å². The Morgan fingerprint density at radius 1 is 1.52 bits per heavy atom. The van der Waals surface area contributed by atoms with E-state index in [-0.39, 0.29) is 5.91 Å². The minimum Gasteiger partial charge on any atom is -0.382 e. The SMILES string of the molecule is CCOCCCNC(=O)C(C)n1nc(C(F)(F)F)cc1C. The van der Waals surface area contributed by atoms with Gasteiger partial charge in [-0.2, -0.15) is 18.3 Å². The Bertz CT molecular complexity index is 472. The highest BCUT2D eigenvalue weighted by Crippen LogP contribution is 2.29. The van der Waals surface area contributed by atoms with Crippen LogP contribution in [0.3, 0.4) is 0 Å². The molecule has 1 heterocycles. The highest BCUT2D eigenvalue weighted by molar-refractivity contribution is 5.79. The van der Waals surface area contributed by atoms with Crippen LogP contribution in [0.2, 0.25) is 0 Å². The Hall–Kier alpha value is -1.57. The van der Waals surface area contributed by atoms with Gasteiger partial charge in [-0.1, -0.05) is 0 Å². The fourth-order valence-corrected chi connectivity index (χ4v) is 1.81. The minimum atomic E-state index is -4.51. The van der Waals surface area contributed by atoms with Crippen LogP contribution in [0.5, 0.6) is 0 Å². The fraction of sp³-hybridized carbons (Fsp3) is 0.692. The maximum atomic E-state index is 12.6. The minimum absolute atomic E-state index is 0.291. The molecule has 8 heteroatoms. The summed E-state index contributed by atoms with van der Waals surface area (Å²) in [6, 6.07) is 0.131. The van der Waals surface area contributed by atoms with E-state index in [1.54, 1.807) is 0 Å². The highest BCUT2D eigenvalue weighted by atomic mass is 19.4. The van der Waals surface area contributed by atoms with E-state index in [2.05, 4.69) is 10.4 Å². The zero-order valence-corrected chi connectivity index (χ0v) is 12.3. The lowest BCUT2D eigenvalue weighted by Gasteiger charge is -2.14. The second-order valence-corrected chi connectivity index (χ2v) is 4.63. The van der Waals surface area contributed by atoms with Gasteiger partial charge in [-0.25, -0.2) is 0 Å². The number of hydrogen-bond acceptors (Lipinski definition) is 3. The van der Waals surface area contributed by atoms with Crippen molar-refractivity contribution in [3.8, 4) is 0 Å². The lowest BCUT2D eigenvalue weighted by atomic mass is 10.3. The van der Waals surface area contributed by atoms with Crippen LogP contribution in [0.1, 0.15) is 37.7 Å². The first-order valence-electron chi connectivity index (χ1n) is 6.76. The first-order chi connectivity index (χ1) is 9.77. The monoisotopic (exact) mass is 307 g/mol. The van der Waals surface area contributed by atoms with Crippen molar-refractivity contribution in [3.63, 3.8) is 0 Å². The van der Waals surface area contributed by atoms with Gasteiger partial charge < -0.3 is 10.1 Å². The van der Waals surface area contributed by atoms with Crippen LogP contribution in [0, 0.1) is 6.92 Å². The van der Waals surface area contributed by atoms with Gasteiger partial charge in [0, 0.05) is 25.5 Å². The number of amides is 1. The molecular weight excluding hydrogens is 287 g/mol. The van der Waals surface area contributed by atoms with Crippen molar-refractivity contribution < 1.29 is 22.7 Å². The second-order valence-electron chi connectivity index (χ2n) is 4.63. The normalized spacial score (nSPS) is 13.2. The van der Waals surface area contributed by atoms with Crippen molar-refractivity contribution in [1.82, 2.24) is 15.1 Å². The third-order valence-electron chi connectivity index (χ3n) is 2.93. The number of ether oxygens (including phenoxy) is 1. The zero-order valence-electron chi connectivity index (χ0n) is 12.3. The number of nitrogens with one attached hydrogen (secondary N) is 1. The average molecular weight is 307 g/mol. The summed E-state index contributed by atoms with van der Waals surface area (Å²) in [6.45, 7) is 6.43. The Kier molecular flexibility index (Phi) is 6.19. The molecule has 0 radical (unpaired) electrons. The van der Waals surface area contributed by atoms with Crippen molar-refractivity contribution in [2.24, 2.45) is 0 Å². The van der Waals surface area contributed by atoms with E-state index in [1.165, 1.54) is 13.8 Å².